The van der Waals surface area contributed by atoms with E-state index in [-0.39, 0.29) is 0 Å². The third-order valence-corrected chi connectivity index (χ3v) is 3.89. The van der Waals surface area contributed by atoms with Crippen LogP contribution in [0.4, 0.5) is 17.1 Å². The number of anilines is 3. The molecule has 0 fully saturated rings. The van der Waals surface area contributed by atoms with Crippen LogP contribution in [-0.4, -0.2) is 12.0 Å². The number of nitrogens with one attached hydrogen (secondary N) is 1. The van der Waals surface area contributed by atoms with Crippen LogP contribution in [0.3, 0.4) is 0 Å². The van der Waals surface area contributed by atoms with Crippen molar-refractivity contribution in [2.75, 3.05) is 17.3 Å². The van der Waals surface area contributed by atoms with Crippen molar-refractivity contribution < 1.29 is 0 Å². The van der Waals surface area contributed by atoms with Gasteiger partial charge in [0.25, 0.3) is 0 Å². The first kappa shape index (κ1) is 15.4. The molecule has 1 N–H and O–H groups in total. The van der Waals surface area contributed by atoms with Gasteiger partial charge in [0.1, 0.15) is 0 Å². The van der Waals surface area contributed by atoms with Crippen molar-refractivity contribution in [1.29, 1.82) is 0 Å². The number of nitrogens with zero attached hydrogens (tertiary/aromatic N) is 2. The molecule has 1 aromatic heterocycles. The number of hydrogen-bond donors (Lipinski definition) is 1. The molecule has 0 aliphatic rings. The second-order valence-corrected chi connectivity index (χ2v) is 5.74. The van der Waals surface area contributed by atoms with Crippen LogP contribution in [-0.2, 0) is 6.54 Å². The zero-order chi connectivity index (χ0) is 16.1. The van der Waals surface area contributed by atoms with Gasteiger partial charge in [-0.1, -0.05) is 29.8 Å². The van der Waals surface area contributed by atoms with Crippen molar-refractivity contribution in [3.05, 3.63) is 83.6 Å². The van der Waals surface area contributed by atoms with Crippen LogP contribution in [0.5, 0.6) is 0 Å². The molecule has 0 atom stereocenters. The second kappa shape index (κ2) is 7.16. The van der Waals surface area contributed by atoms with Crippen LogP contribution in [0.2, 0.25) is 5.02 Å². The summed E-state index contributed by atoms with van der Waals surface area (Å²) in [4.78, 5) is 6.28. The normalized spacial score (nSPS) is 10.3. The van der Waals surface area contributed by atoms with Crippen molar-refractivity contribution in [2.24, 2.45) is 0 Å². The molecule has 0 radical (unpaired) electrons. The maximum Gasteiger partial charge on any atom is 0.0594 e. The molecule has 0 aliphatic heterocycles. The molecular weight excluding hydrogens is 306 g/mol. The van der Waals surface area contributed by atoms with E-state index in [1.165, 1.54) is 0 Å². The molecule has 0 aliphatic carbocycles. The summed E-state index contributed by atoms with van der Waals surface area (Å²) in [5.41, 5.74) is 4.38. The summed E-state index contributed by atoms with van der Waals surface area (Å²) in [6.07, 6.45) is 3.63. The predicted molar refractivity (Wildman–Crippen MR) is 97.5 cm³/mol. The minimum Gasteiger partial charge on any atom is -0.381 e. The fraction of sp³-hybridized carbons (Fsp3) is 0.105. The quantitative estimate of drug-likeness (QED) is 0.706. The van der Waals surface area contributed by atoms with Crippen LogP contribution < -0.4 is 10.2 Å². The monoisotopic (exact) mass is 323 g/mol. The summed E-state index contributed by atoms with van der Waals surface area (Å²) in [5.74, 6) is 0. The summed E-state index contributed by atoms with van der Waals surface area (Å²) >= 11 is 6.02. The number of halogens is 1. The lowest BCUT2D eigenvalue weighted by Crippen LogP contribution is -2.10. The van der Waals surface area contributed by atoms with Crippen molar-refractivity contribution in [3.63, 3.8) is 0 Å². The van der Waals surface area contributed by atoms with Gasteiger partial charge in [-0.3, -0.25) is 4.98 Å². The largest absolute Gasteiger partial charge is 0.381 e. The van der Waals surface area contributed by atoms with Gasteiger partial charge in [-0.05, 0) is 48.0 Å². The van der Waals surface area contributed by atoms with Crippen molar-refractivity contribution in [1.82, 2.24) is 4.98 Å². The predicted octanol–water partition coefficient (Wildman–Crippen LogP) is 5.12. The lowest BCUT2D eigenvalue weighted by molar-refractivity contribution is 1.14. The third kappa shape index (κ3) is 4.02. The third-order valence-electron chi connectivity index (χ3n) is 3.65. The summed E-state index contributed by atoms with van der Waals surface area (Å²) in [6.45, 7) is 0.737. The van der Waals surface area contributed by atoms with Gasteiger partial charge in [0.05, 0.1) is 11.9 Å². The van der Waals surface area contributed by atoms with Gasteiger partial charge in [0.15, 0.2) is 0 Å². The highest BCUT2D eigenvalue weighted by Gasteiger charge is 2.04. The Morgan fingerprint density at radius 3 is 2.61 bits per heavy atom. The van der Waals surface area contributed by atoms with Gasteiger partial charge >= 0.3 is 0 Å². The van der Waals surface area contributed by atoms with Crippen LogP contribution >= 0.6 is 11.6 Å². The fourth-order valence-electron chi connectivity index (χ4n) is 2.38. The summed E-state index contributed by atoms with van der Waals surface area (Å²) < 4.78 is 0. The molecule has 3 rings (SSSR count). The minimum atomic E-state index is 0.737. The zero-order valence-electron chi connectivity index (χ0n) is 12.9. The van der Waals surface area contributed by atoms with E-state index in [9.17, 15) is 0 Å². The molecule has 0 saturated heterocycles. The number of rotatable bonds is 5. The first-order valence-corrected chi connectivity index (χ1v) is 7.82. The van der Waals surface area contributed by atoms with E-state index in [4.69, 9.17) is 11.6 Å². The fourth-order valence-corrected chi connectivity index (χ4v) is 2.59. The molecule has 0 bridgehead atoms. The van der Waals surface area contributed by atoms with E-state index in [1.54, 1.807) is 6.20 Å². The molecule has 0 unspecified atom stereocenters. The van der Waals surface area contributed by atoms with E-state index in [0.717, 1.165) is 34.2 Å². The zero-order valence-corrected chi connectivity index (χ0v) is 13.7. The van der Waals surface area contributed by atoms with Crippen molar-refractivity contribution in [2.45, 2.75) is 6.54 Å². The van der Waals surface area contributed by atoms with E-state index >= 15 is 0 Å². The molecule has 0 amide bonds. The van der Waals surface area contributed by atoms with Gasteiger partial charge in [-0.2, -0.15) is 0 Å². The molecule has 2 aromatic carbocycles. The molecule has 0 saturated carbocycles. The van der Waals surface area contributed by atoms with Gasteiger partial charge in [0.2, 0.25) is 0 Å². The minimum absolute atomic E-state index is 0.737. The highest BCUT2D eigenvalue weighted by atomic mass is 35.5. The average molecular weight is 324 g/mol. The number of aromatic nitrogens is 1. The number of benzene rings is 2. The first-order chi connectivity index (χ1) is 11.2. The lowest BCUT2D eigenvalue weighted by Gasteiger charge is -2.20. The number of hydrogen-bond acceptors (Lipinski definition) is 3. The SMILES string of the molecule is CN(c1cccnc1)c1cccc(NCc2cccc(Cl)c2)c1. The smallest absolute Gasteiger partial charge is 0.0594 e. The Hall–Kier alpha value is -2.52. The van der Waals surface area contributed by atoms with Crippen LogP contribution in [0.15, 0.2) is 73.1 Å². The molecule has 116 valence electrons. The molecule has 1 heterocycles. The molecule has 3 aromatic rings. The second-order valence-electron chi connectivity index (χ2n) is 5.30. The topological polar surface area (TPSA) is 28.2 Å². The Morgan fingerprint density at radius 1 is 1.00 bits per heavy atom. The highest BCUT2D eigenvalue weighted by Crippen LogP contribution is 2.25. The number of pyridine rings is 1. The molecule has 0 spiro atoms. The Bertz CT molecular complexity index is 774. The van der Waals surface area contributed by atoms with E-state index in [2.05, 4.69) is 39.5 Å². The summed E-state index contributed by atoms with van der Waals surface area (Å²) in [7, 11) is 2.03. The lowest BCUT2D eigenvalue weighted by atomic mass is 10.2. The Kier molecular flexibility index (Phi) is 4.79. The highest BCUT2D eigenvalue weighted by molar-refractivity contribution is 6.30. The summed E-state index contributed by atoms with van der Waals surface area (Å²) in [5, 5.41) is 4.19. The van der Waals surface area contributed by atoms with Gasteiger partial charge < -0.3 is 10.2 Å². The van der Waals surface area contributed by atoms with Crippen molar-refractivity contribution >= 4 is 28.7 Å². The average Bonchev–Trinajstić information content (AvgIpc) is 2.60. The molecule has 23 heavy (non-hydrogen) atoms. The van der Waals surface area contributed by atoms with Crippen LogP contribution in [0, 0.1) is 0 Å². The van der Waals surface area contributed by atoms with Gasteiger partial charge in [-0.25, -0.2) is 0 Å². The van der Waals surface area contributed by atoms with Crippen molar-refractivity contribution in [3.8, 4) is 0 Å². The molecular formula is C19H18ClN3. The Balaban J connectivity index is 1.72. The standard InChI is InChI=1S/C19H18ClN3/c1-23(19-9-4-10-21-14-19)18-8-3-7-17(12-18)22-13-15-5-2-6-16(20)11-15/h2-12,14,22H,13H2,1H3. The van der Waals surface area contributed by atoms with E-state index in [0.29, 0.717) is 0 Å². The van der Waals surface area contributed by atoms with Crippen LogP contribution in [0.25, 0.3) is 0 Å². The Labute approximate surface area is 141 Å². The first-order valence-electron chi connectivity index (χ1n) is 7.44. The van der Waals surface area contributed by atoms with E-state index in [1.807, 2.05) is 49.6 Å². The Morgan fingerprint density at radius 2 is 1.83 bits per heavy atom. The molecule has 4 heteroatoms. The van der Waals surface area contributed by atoms with Crippen LogP contribution in [0.1, 0.15) is 5.56 Å². The van der Waals surface area contributed by atoms with E-state index < -0.39 is 0 Å². The summed E-state index contributed by atoms with van der Waals surface area (Å²) in [6, 6.07) is 20.2. The molecule has 3 nitrogen and oxygen atoms in total. The van der Waals surface area contributed by atoms with Gasteiger partial charge in [-0.15, -0.1) is 0 Å². The maximum atomic E-state index is 6.02. The van der Waals surface area contributed by atoms with Gasteiger partial charge in [0, 0.05) is 36.2 Å². The maximum absolute atomic E-state index is 6.02.